The average Bonchev–Trinajstić information content (AvgIpc) is 2.38. The lowest BCUT2D eigenvalue weighted by Gasteiger charge is -2.19. The number of allylic oxidation sites excluding steroid dienone is 2. The van der Waals surface area contributed by atoms with Crippen molar-refractivity contribution in [2.24, 2.45) is 11.8 Å². The molecular weight excluding hydrogens is 208 g/mol. The normalized spacial score (nSPS) is 23.2. The van der Waals surface area contributed by atoms with Crippen LogP contribution in [0.2, 0.25) is 0 Å². The summed E-state index contributed by atoms with van der Waals surface area (Å²) in [6, 6.07) is 9.88. The van der Waals surface area contributed by atoms with E-state index >= 15 is 0 Å². The molecule has 86 valence electrons. The zero-order chi connectivity index (χ0) is 12.1. The van der Waals surface area contributed by atoms with Crippen molar-refractivity contribution in [1.82, 2.24) is 0 Å². The van der Waals surface area contributed by atoms with Crippen molar-refractivity contribution in [3.8, 4) is 11.8 Å². The Labute approximate surface area is 103 Å². The van der Waals surface area contributed by atoms with Gasteiger partial charge < -0.3 is 4.79 Å². The Kier molecular flexibility index (Phi) is 3.77. The van der Waals surface area contributed by atoms with Crippen LogP contribution in [0.5, 0.6) is 0 Å². The van der Waals surface area contributed by atoms with E-state index in [-0.39, 0.29) is 5.92 Å². The number of benzene rings is 1. The molecule has 2 unspecified atom stereocenters. The Morgan fingerprint density at radius 3 is 2.65 bits per heavy atom. The fraction of sp³-hybridized carbons (Fsp3) is 0.312. The number of carbonyl (C=O) groups excluding carboxylic acids is 1. The van der Waals surface area contributed by atoms with Gasteiger partial charge in [-0.15, -0.1) is 0 Å². The van der Waals surface area contributed by atoms with Crippen LogP contribution < -0.4 is 0 Å². The van der Waals surface area contributed by atoms with Crippen LogP contribution in [0.15, 0.2) is 42.0 Å². The van der Waals surface area contributed by atoms with Gasteiger partial charge in [-0.1, -0.05) is 43.0 Å². The highest BCUT2D eigenvalue weighted by atomic mass is 16.1. The molecule has 1 aromatic carbocycles. The fourth-order valence-corrected chi connectivity index (χ4v) is 2.05. The van der Waals surface area contributed by atoms with Crippen LogP contribution in [0.3, 0.4) is 0 Å². The summed E-state index contributed by atoms with van der Waals surface area (Å²) in [5, 5.41) is 0. The minimum Gasteiger partial charge on any atom is -0.303 e. The molecule has 2 rings (SSSR count). The van der Waals surface area contributed by atoms with Gasteiger partial charge >= 0.3 is 0 Å². The van der Waals surface area contributed by atoms with Crippen LogP contribution in [0.4, 0.5) is 0 Å². The molecule has 0 saturated heterocycles. The van der Waals surface area contributed by atoms with Gasteiger partial charge in [-0.25, -0.2) is 0 Å². The van der Waals surface area contributed by atoms with E-state index in [1.807, 2.05) is 30.3 Å². The Hall–Kier alpha value is -1.81. The predicted octanol–water partition coefficient (Wildman–Crippen LogP) is 3.21. The van der Waals surface area contributed by atoms with Gasteiger partial charge in [0, 0.05) is 17.1 Å². The van der Waals surface area contributed by atoms with Gasteiger partial charge in [-0.2, -0.15) is 0 Å². The molecule has 0 radical (unpaired) electrons. The summed E-state index contributed by atoms with van der Waals surface area (Å²) in [5.74, 6) is 6.81. The van der Waals surface area contributed by atoms with E-state index in [0.29, 0.717) is 5.92 Å². The van der Waals surface area contributed by atoms with E-state index < -0.39 is 0 Å². The van der Waals surface area contributed by atoms with Gasteiger partial charge in [0.05, 0.1) is 0 Å². The lowest BCUT2D eigenvalue weighted by molar-refractivity contribution is -0.110. The maximum atomic E-state index is 11.0. The molecular formula is C16H16O. The molecule has 1 aliphatic carbocycles. The van der Waals surface area contributed by atoms with E-state index in [4.69, 9.17) is 0 Å². The maximum absolute atomic E-state index is 11.0. The molecule has 1 aromatic rings. The molecule has 0 heterocycles. The summed E-state index contributed by atoms with van der Waals surface area (Å²) >= 11 is 0. The Balaban J connectivity index is 2.22. The molecule has 0 fully saturated rings. The largest absolute Gasteiger partial charge is 0.303 e. The summed E-state index contributed by atoms with van der Waals surface area (Å²) in [4.78, 5) is 11.0. The topological polar surface area (TPSA) is 17.1 Å². The first-order valence-corrected chi connectivity index (χ1v) is 6.03. The molecule has 2 atom stereocenters. The lowest BCUT2D eigenvalue weighted by Crippen LogP contribution is -2.13. The van der Waals surface area contributed by atoms with E-state index in [2.05, 4.69) is 24.8 Å². The Morgan fingerprint density at radius 1 is 1.18 bits per heavy atom. The minimum atomic E-state index is 0.00223. The van der Waals surface area contributed by atoms with Crippen molar-refractivity contribution in [2.45, 2.75) is 19.8 Å². The molecule has 0 N–H and O–H groups in total. The number of aldehydes is 1. The molecule has 1 nitrogen and oxygen atoms in total. The Bertz CT molecular complexity index is 473. The quantitative estimate of drug-likeness (QED) is 0.529. The monoisotopic (exact) mass is 224 g/mol. The number of carbonyl (C=O) groups is 1. The lowest BCUT2D eigenvalue weighted by atomic mass is 9.84. The number of hydrogen-bond donors (Lipinski definition) is 0. The van der Waals surface area contributed by atoms with E-state index in [9.17, 15) is 4.79 Å². The third kappa shape index (κ3) is 3.07. The second kappa shape index (κ2) is 5.50. The van der Waals surface area contributed by atoms with Gasteiger partial charge in [0.2, 0.25) is 0 Å². The van der Waals surface area contributed by atoms with Gasteiger partial charge in [-0.3, -0.25) is 0 Å². The molecule has 0 aliphatic heterocycles. The van der Waals surface area contributed by atoms with Crippen LogP contribution in [0.1, 0.15) is 25.3 Å². The number of rotatable bonds is 1. The molecule has 1 heteroatoms. The summed E-state index contributed by atoms with van der Waals surface area (Å²) in [5.41, 5.74) is 1.99. The third-order valence-corrected chi connectivity index (χ3v) is 3.09. The van der Waals surface area contributed by atoms with Crippen LogP contribution in [0, 0.1) is 23.7 Å². The highest BCUT2D eigenvalue weighted by Gasteiger charge is 2.18. The zero-order valence-electron chi connectivity index (χ0n) is 10.0. The van der Waals surface area contributed by atoms with Gasteiger partial charge in [-0.05, 0) is 30.9 Å². The summed E-state index contributed by atoms with van der Waals surface area (Å²) in [6.07, 6.45) is 5.18. The first-order valence-electron chi connectivity index (χ1n) is 6.03. The van der Waals surface area contributed by atoms with Crippen LogP contribution >= 0.6 is 0 Å². The molecule has 0 bridgehead atoms. The first-order chi connectivity index (χ1) is 8.29. The highest BCUT2D eigenvalue weighted by Crippen LogP contribution is 2.26. The van der Waals surface area contributed by atoms with Gasteiger partial charge in [0.1, 0.15) is 6.29 Å². The standard InChI is InChI=1S/C16H16O/c1-13-7-9-16(12-17)15(11-13)10-8-14-5-3-2-4-6-14/h2-6,11-13,16H,7,9H2,1H3. The van der Waals surface area contributed by atoms with Gasteiger partial charge in [0.25, 0.3) is 0 Å². The third-order valence-electron chi connectivity index (χ3n) is 3.09. The molecule has 17 heavy (non-hydrogen) atoms. The predicted molar refractivity (Wildman–Crippen MR) is 69.4 cm³/mol. The van der Waals surface area contributed by atoms with Crippen molar-refractivity contribution in [1.29, 1.82) is 0 Å². The van der Waals surface area contributed by atoms with Crippen LogP contribution in [-0.4, -0.2) is 6.29 Å². The second-order valence-electron chi connectivity index (χ2n) is 4.54. The van der Waals surface area contributed by atoms with Crippen molar-refractivity contribution in [3.63, 3.8) is 0 Å². The smallest absolute Gasteiger partial charge is 0.128 e. The molecule has 0 amide bonds. The van der Waals surface area contributed by atoms with E-state index in [0.717, 1.165) is 30.3 Å². The van der Waals surface area contributed by atoms with Crippen molar-refractivity contribution in [3.05, 3.63) is 47.5 Å². The van der Waals surface area contributed by atoms with Crippen LogP contribution in [-0.2, 0) is 4.79 Å². The van der Waals surface area contributed by atoms with E-state index in [1.165, 1.54) is 0 Å². The van der Waals surface area contributed by atoms with Crippen molar-refractivity contribution in [2.75, 3.05) is 0 Å². The van der Waals surface area contributed by atoms with Crippen molar-refractivity contribution < 1.29 is 4.79 Å². The van der Waals surface area contributed by atoms with Crippen LogP contribution in [0.25, 0.3) is 0 Å². The summed E-state index contributed by atoms with van der Waals surface area (Å²) < 4.78 is 0. The second-order valence-corrected chi connectivity index (χ2v) is 4.54. The average molecular weight is 224 g/mol. The summed E-state index contributed by atoms with van der Waals surface area (Å²) in [6.45, 7) is 2.17. The zero-order valence-corrected chi connectivity index (χ0v) is 10.0. The molecule has 1 aliphatic rings. The SMILES string of the molecule is CC1C=C(C#Cc2ccccc2)C(C=O)CC1. The fourth-order valence-electron chi connectivity index (χ4n) is 2.05. The highest BCUT2D eigenvalue weighted by molar-refractivity contribution is 5.63. The van der Waals surface area contributed by atoms with E-state index in [1.54, 1.807) is 0 Å². The molecule has 0 saturated carbocycles. The van der Waals surface area contributed by atoms with Crippen molar-refractivity contribution >= 4 is 6.29 Å². The maximum Gasteiger partial charge on any atom is 0.128 e. The summed E-state index contributed by atoms with van der Waals surface area (Å²) in [7, 11) is 0. The van der Waals surface area contributed by atoms with Gasteiger partial charge in [0.15, 0.2) is 0 Å². The Morgan fingerprint density at radius 2 is 1.94 bits per heavy atom. The molecule has 0 spiro atoms. The minimum absolute atomic E-state index is 0.00223. The molecule has 0 aromatic heterocycles. The number of hydrogen-bond acceptors (Lipinski definition) is 1. The first kappa shape index (κ1) is 11.7.